The van der Waals surface area contributed by atoms with Crippen molar-refractivity contribution in [1.82, 2.24) is 0 Å². The second-order valence-corrected chi connectivity index (χ2v) is 38.0. The van der Waals surface area contributed by atoms with Gasteiger partial charge >= 0.3 is 0 Å². The van der Waals surface area contributed by atoms with Gasteiger partial charge in [0, 0.05) is 74.0 Å². The number of aryl methyl sites for hydroxylation is 12. The van der Waals surface area contributed by atoms with Gasteiger partial charge in [-0.15, -0.1) is 0 Å². The first kappa shape index (κ1) is 106. The summed E-state index contributed by atoms with van der Waals surface area (Å²) in [6.45, 7) is 26.5. The van der Waals surface area contributed by atoms with E-state index in [4.69, 9.17) is 0 Å². The van der Waals surface area contributed by atoms with E-state index in [2.05, 4.69) is 612 Å². The minimum Gasteiger partial charge on any atom is -0.317 e. The Hall–Kier alpha value is -16.7. The van der Waals surface area contributed by atoms with Crippen LogP contribution in [0.15, 0.2) is 510 Å². The van der Waals surface area contributed by atoms with Crippen LogP contribution in [0.3, 0.4) is 0 Å². The van der Waals surface area contributed by atoms with E-state index < -0.39 is 0 Å². The minimum absolute atomic E-state index is 1.02. The van der Waals surface area contributed by atoms with Gasteiger partial charge in [-0.25, -0.2) is 0 Å². The maximum absolute atomic E-state index is 2.45. The SMILES string of the molecule is CCc1ccc(C(=C(c2ccccc2)N(c2ccc(CC)cc2)c2ccc(CC)cc2)c2ccc(CC)cc2)cc1.CCc1ccc(C(=C(c2ccccc2)N(c2ccccc2)c2ccccc2)c2ccc(CC)cc2)cc1.CCc1ccc(C(=CN(c2ccc(CC)cc2)c2ccc(CC)cc2)c2ccc(CC)cc2)cc1.CCc1ccc(N(C(=C(c2ccccc2)c2ccccc2)c2ccccc2)c2ccc(CC)cc2)cc1. The van der Waals surface area contributed by atoms with Gasteiger partial charge in [-0.1, -0.05) is 490 Å². The van der Waals surface area contributed by atoms with Gasteiger partial charge in [-0.2, -0.15) is 0 Å². The number of nitrogens with zero attached hydrogens (tertiary/aromatic N) is 4. The number of para-hydroxylation sites is 2. The zero-order chi connectivity index (χ0) is 104. The fraction of sp³-hybridized carbons (Fsp3) is 0.164. The lowest BCUT2D eigenvalue weighted by atomic mass is 9.90. The van der Waals surface area contributed by atoms with Gasteiger partial charge in [-0.3, -0.25) is 0 Å². The fourth-order valence-corrected chi connectivity index (χ4v) is 19.4. The van der Waals surface area contributed by atoms with E-state index in [1.807, 2.05) is 0 Å². The van der Waals surface area contributed by atoms with E-state index in [9.17, 15) is 0 Å². The molecule has 4 nitrogen and oxygen atoms in total. The Bertz CT molecular complexity index is 7110. The summed E-state index contributed by atoms with van der Waals surface area (Å²) < 4.78 is 0. The zero-order valence-corrected chi connectivity index (χ0v) is 89.8. The standard InChI is InChI=1S/C40H41N.2C36H33N.C34H37N/c1-5-30-14-22-34(23-15-30)39(35-24-16-31(6-2)17-25-35)40(36-12-10-9-11-13-36)41(37-26-18-32(7-3)19-27-37)38-28-20-33(8-4)21-29-38;1-3-28-20-24-30(25-21-28)35(31-26-22-29(4-2)23-27-31)36(32-14-8-5-9-15-32)37(33-16-10-6-11-17-33)34-18-12-7-13-19-34;1-3-28-20-24-33(25-21-28)37(34-26-22-29(4-2)23-27-34)36(32-18-12-7-13-19-32)35(30-14-8-5-9-15-30)31-16-10-6-11-17-31;1-5-26-9-17-30(18-10-26)34(31-19-11-27(6-2)12-20-31)25-35(32-21-13-28(7-3)14-22-32)33-23-15-29(8-4)16-24-33/h9-29H,5-8H2,1-4H3;2*5-27H,3-4H2,1-2H3;9-25H,5-8H2,1-4H3. The molecule has 748 valence electrons. The van der Waals surface area contributed by atoms with Gasteiger partial charge in [-0.05, 0) is 302 Å². The quantitative estimate of drug-likeness (QED) is 0.0367. The molecule has 0 aliphatic heterocycles. The van der Waals surface area contributed by atoms with Gasteiger partial charge < -0.3 is 19.6 Å². The second-order valence-electron chi connectivity index (χ2n) is 38.0. The number of benzene rings is 19. The molecule has 0 aromatic heterocycles. The molecule has 19 rings (SSSR count). The molecule has 150 heavy (non-hydrogen) atoms. The number of hydrogen-bond acceptors (Lipinski definition) is 4. The van der Waals surface area contributed by atoms with Crippen LogP contribution in [0, 0.1) is 0 Å². The molecule has 0 N–H and O–H groups in total. The Labute approximate surface area is 895 Å². The zero-order valence-electron chi connectivity index (χ0n) is 89.8. The van der Waals surface area contributed by atoms with Crippen molar-refractivity contribution in [3.63, 3.8) is 0 Å². The molecule has 4 heteroatoms. The summed E-state index contributed by atoms with van der Waals surface area (Å²) >= 11 is 0. The molecule has 0 spiro atoms. The lowest BCUT2D eigenvalue weighted by Gasteiger charge is -2.31. The fourth-order valence-electron chi connectivity index (χ4n) is 19.4. The largest absolute Gasteiger partial charge is 0.317 e. The Morgan fingerprint density at radius 3 is 0.440 bits per heavy atom. The van der Waals surface area contributed by atoms with Crippen LogP contribution in [0.1, 0.15) is 211 Å². The summed E-state index contributed by atoms with van der Waals surface area (Å²) in [4.78, 5) is 9.59. The molecule has 0 fully saturated rings. The number of rotatable bonds is 35. The van der Waals surface area contributed by atoms with Gasteiger partial charge in [0.2, 0.25) is 0 Å². The molecule has 0 aliphatic rings. The third-order valence-corrected chi connectivity index (χ3v) is 28.5. The maximum atomic E-state index is 2.45. The lowest BCUT2D eigenvalue weighted by molar-refractivity contribution is 1.13. The van der Waals surface area contributed by atoms with Crippen molar-refractivity contribution in [3.05, 3.63) is 638 Å². The Morgan fingerprint density at radius 1 is 0.133 bits per heavy atom. The summed E-state index contributed by atoms with van der Waals surface area (Å²) in [6, 6.07) is 184. The first-order valence-electron chi connectivity index (χ1n) is 54.5. The first-order valence-corrected chi connectivity index (χ1v) is 54.5. The molecule has 0 saturated carbocycles. The van der Waals surface area contributed by atoms with Crippen molar-refractivity contribution >= 4 is 84.9 Å². The number of hydrogen-bond donors (Lipinski definition) is 0. The topological polar surface area (TPSA) is 13.0 Å². The highest BCUT2D eigenvalue weighted by Crippen LogP contribution is 2.48. The van der Waals surface area contributed by atoms with Crippen molar-refractivity contribution in [2.24, 2.45) is 0 Å². The Balaban J connectivity index is 0.000000143. The molecule has 0 aliphatic carbocycles. The van der Waals surface area contributed by atoms with Crippen LogP contribution < -0.4 is 19.6 Å². The van der Waals surface area contributed by atoms with Crippen LogP contribution in [0.5, 0.6) is 0 Å². The molecule has 19 aromatic carbocycles. The van der Waals surface area contributed by atoms with Crippen LogP contribution in [0.4, 0.5) is 45.5 Å². The number of anilines is 8. The third kappa shape index (κ3) is 27.0. The third-order valence-electron chi connectivity index (χ3n) is 28.5. The van der Waals surface area contributed by atoms with Crippen molar-refractivity contribution < 1.29 is 0 Å². The Morgan fingerprint density at radius 2 is 0.267 bits per heavy atom. The van der Waals surface area contributed by atoms with Gasteiger partial charge in [0.1, 0.15) is 0 Å². The van der Waals surface area contributed by atoms with E-state index in [1.165, 1.54) is 167 Å². The van der Waals surface area contributed by atoms with Crippen LogP contribution in [-0.4, -0.2) is 0 Å². The molecular weight excluding hydrogens is 1810 g/mol. The van der Waals surface area contributed by atoms with Crippen molar-refractivity contribution in [2.75, 3.05) is 19.6 Å². The predicted octanol–water partition coefficient (Wildman–Crippen LogP) is 39.0. The highest BCUT2D eigenvalue weighted by Gasteiger charge is 2.29. The molecule has 0 atom stereocenters. The lowest BCUT2D eigenvalue weighted by Crippen LogP contribution is -2.18. The summed E-state index contributed by atoms with van der Waals surface area (Å²) in [5.41, 5.74) is 46.8. The maximum Gasteiger partial charge on any atom is 0.0618 e. The molecule has 19 aromatic rings. The Kier molecular flexibility index (Phi) is 38.3. The normalized spacial score (nSPS) is 10.7. The average molecular weight is 1950 g/mol. The molecule has 0 heterocycles. The summed E-state index contributed by atoms with van der Waals surface area (Å²) in [6.07, 6.45) is 14.7. The van der Waals surface area contributed by atoms with Crippen molar-refractivity contribution in [1.29, 1.82) is 0 Å². The van der Waals surface area contributed by atoms with Crippen LogP contribution in [-0.2, 0) is 77.0 Å². The summed E-state index contributed by atoms with van der Waals surface area (Å²) in [5.74, 6) is 0. The summed E-state index contributed by atoms with van der Waals surface area (Å²) in [5, 5.41) is 0. The van der Waals surface area contributed by atoms with E-state index in [-0.39, 0.29) is 0 Å². The highest BCUT2D eigenvalue weighted by atomic mass is 15.2. The highest BCUT2D eigenvalue weighted by molar-refractivity contribution is 6.09. The van der Waals surface area contributed by atoms with Gasteiger partial charge in [0.25, 0.3) is 0 Å². The van der Waals surface area contributed by atoms with Gasteiger partial charge in [0.15, 0.2) is 0 Å². The van der Waals surface area contributed by atoms with Crippen LogP contribution in [0.25, 0.3) is 39.4 Å². The molecule has 0 bridgehead atoms. The van der Waals surface area contributed by atoms with Crippen LogP contribution >= 0.6 is 0 Å². The van der Waals surface area contributed by atoms with Crippen molar-refractivity contribution in [3.8, 4) is 0 Å². The minimum atomic E-state index is 1.02. The van der Waals surface area contributed by atoms with Gasteiger partial charge in [0.05, 0.1) is 17.1 Å². The molecular formula is C146H144N4. The van der Waals surface area contributed by atoms with E-state index in [1.54, 1.807) is 0 Å². The molecule has 0 radical (unpaired) electrons. The van der Waals surface area contributed by atoms with Crippen molar-refractivity contribution in [2.45, 2.75) is 160 Å². The monoisotopic (exact) mass is 1950 g/mol. The first-order chi connectivity index (χ1) is 73.8. The molecule has 0 saturated heterocycles. The van der Waals surface area contributed by atoms with E-state index in [0.717, 1.165) is 123 Å². The predicted molar refractivity (Wildman–Crippen MR) is 648 cm³/mol. The summed E-state index contributed by atoms with van der Waals surface area (Å²) in [7, 11) is 0. The van der Waals surface area contributed by atoms with Crippen LogP contribution in [0.2, 0.25) is 0 Å². The van der Waals surface area contributed by atoms with E-state index >= 15 is 0 Å². The average Bonchev–Trinajstić information content (AvgIpc) is 0.769. The molecule has 0 amide bonds. The second kappa shape index (κ2) is 54.1. The smallest absolute Gasteiger partial charge is 0.0618 e. The van der Waals surface area contributed by atoms with E-state index in [0.29, 0.717) is 0 Å². The molecule has 0 unspecified atom stereocenters.